The summed E-state index contributed by atoms with van der Waals surface area (Å²) < 4.78 is 35.1. The molecule has 4 rings (SSSR count). The number of anilines is 1. The number of tetrazole rings is 1. The molecule has 0 radical (unpaired) electrons. The average molecular weight is 409 g/mol. The largest absolute Gasteiger partial charge is 0.461 e. The van der Waals surface area contributed by atoms with Crippen molar-refractivity contribution in [3.8, 4) is 17.0 Å². The number of aryl methyl sites for hydroxylation is 2. The number of aromatic nitrogens is 4. The Kier molecular flexibility index (Phi) is 5.34. The van der Waals surface area contributed by atoms with Gasteiger partial charge in [-0.3, -0.25) is 4.79 Å². The van der Waals surface area contributed by atoms with Crippen LogP contribution in [0.4, 0.5) is 14.5 Å². The molecule has 0 aliphatic carbocycles. The Labute approximate surface area is 170 Å². The molecule has 2 aromatic heterocycles. The number of halogens is 2. The number of amides is 1. The smallest absolute Gasteiger partial charge is 0.224 e. The number of nitrogens with one attached hydrogen (secondary N) is 1. The van der Waals surface area contributed by atoms with Crippen molar-refractivity contribution >= 4 is 11.6 Å². The van der Waals surface area contributed by atoms with E-state index in [0.717, 1.165) is 0 Å². The molecule has 30 heavy (non-hydrogen) atoms. The van der Waals surface area contributed by atoms with Gasteiger partial charge in [-0.2, -0.15) is 4.68 Å². The molecule has 0 saturated carbocycles. The lowest BCUT2D eigenvalue weighted by atomic mass is 10.1. The zero-order chi connectivity index (χ0) is 21.1. The van der Waals surface area contributed by atoms with E-state index in [4.69, 9.17) is 4.42 Å². The molecule has 0 saturated heterocycles. The van der Waals surface area contributed by atoms with E-state index in [9.17, 15) is 13.6 Å². The molecule has 2 aromatic carbocycles. The van der Waals surface area contributed by atoms with Gasteiger partial charge in [0, 0.05) is 12.8 Å². The van der Waals surface area contributed by atoms with Crippen molar-refractivity contribution in [2.75, 3.05) is 5.32 Å². The molecule has 0 aliphatic rings. The molecule has 1 N–H and O–H groups in total. The Balaban J connectivity index is 1.41. The summed E-state index contributed by atoms with van der Waals surface area (Å²) in [5.41, 5.74) is 0.902. The van der Waals surface area contributed by atoms with Crippen molar-refractivity contribution in [3.63, 3.8) is 0 Å². The minimum atomic E-state index is -0.572. The van der Waals surface area contributed by atoms with Crippen LogP contribution in [0.15, 0.2) is 59.0 Å². The molecule has 0 bridgehead atoms. The van der Waals surface area contributed by atoms with Gasteiger partial charge in [0.15, 0.2) is 5.82 Å². The molecular formula is C21H17F2N5O2. The Hall–Kier alpha value is -3.88. The van der Waals surface area contributed by atoms with Crippen molar-refractivity contribution in [1.82, 2.24) is 20.2 Å². The standard InChI is InChI=1S/C21H17F2N5O2/c1-13-25-26-27-28(13)14-6-9-18(23)19(12-14)24-21(29)11-8-15-7-10-20(30-15)16-4-2-3-5-17(16)22/h2-7,9-10,12H,8,11H2,1H3,(H,24,29). The van der Waals surface area contributed by atoms with Gasteiger partial charge in [0.2, 0.25) is 5.91 Å². The van der Waals surface area contributed by atoms with Crippen LogP contribution in [0, 0.1) is 18.6 Å². The minimum Gasteiger partial charge on any atom is -0.461 e. The molecule has 0 atom stereocenters. The van der Waals surface area contributed by atoms with Gasteiger partial charge in [0.1, 0.15) is 23.2 Å². The highest BCUT2D eigenvalue weighted by Gasteiger charge is 2.13. The normalized spacial score (nSPS) is 10.9. The van der Waals surface area contributed by atoms with E-state index in [1.54, 1.807) is 37.3 Å². The van der Waals surface area contributed by atoms with Crippen LogP contribution in [0.1, 0.15) is 18.0 Å². The Morgan fingerprint density at radius 2 is 1.93 bits per heavy atom. The molecule has 7 nitrogen and oxygen atoms in total. The monoisotopic (exact) mass is 409 g/mol. The predicted octanol–water partition coefficient (Wildman–Crippen LogP) is 4.08. The van der Waals surface area contributed by atoms with Crippen molar-refractivity contribution in [3.05, 3.63) is 77.8 Å². The number of benzene rings is 2. The number of hydrogen-bond acceptors (Lipinski definition) is 5. The van der Waals surface area contributed by atoms with Gasteiger partial charge in [0.05, 0.1) is 16.9 Å². The summed E-state index contributed by atoms with van der Waals surface area (Å²) >= 11 is 0. The highest BCUT2D eigenvalue weighted by atomic mass is 19.1. The van der Waals surface area contributed by atoms with Gasteiger partial charge >= 0.3 is 0 Å². The fourth-order valence-electron chi connectivity index (χ4n) is 2.98. The van der Waals surface area contributed by atoms with Crippen LogP contribution in [0.25, 0.3) is 17.0 Å². The van der Waals surface area contributed by atoms with E-state index >= 15 is 0 Å². The third-order valence-electron chi connectivity index (χ3n) is 4.49. The van der Waals surface area contributed by atoms with Crippen LogP contribution in [0.5, 0.6) is 0 Å². The Morgan fingerprint density at radius 1 is 1.10 bits per heavy atom. The summed E-state index contributed by atoms with van der Waals surface area (Å²) in [6.45, 7) is 1.71. The van der Waals surface area contributed by atoms with Crippen LogP contribution >= 0.6 is 0 Å². The molecule has 0 fully saturated rings. The highest BCUT2D eigenvalue weighted by Crippen LogP contribution is 2.25. The van der Waals surface area contributed by atoms with E-state index in [1.807, 2.05) is 0 Å². The SMILES string of the molecule is Cc1nnnn1-c1ccc(F)c(NC(=O)CCc2ccc(-c3ccccc3F)o2)c1. The van der Waals surface area contributed by atoms with E-state index < -0.39 is 5.82 Å². The number of nitrogens with zero attached hydrogens (tertiary/aromatic N) is 4. The summed E-state index contributed by atoms with van der Waals surface area (Å²) in [4.78, 5) is 12.3. The van der Waals surface area contributed by atoms with E-state index in [0.29, 0.717) is 28.6 Å². The third kappa shape index (κ3) is 4.09. The van der Waals surface area contributed by atoms with Gasteiger partial charge in [-0.05, 0) is 59.8 Å². The van der Waals surface area contributed by atoms with Crippen LogP contribution in [0.2, 0.25) is 0 Å². The fraction of sp³-hybridized carbons (Fsp3) is 0.143. The summed E-state index contributed by atoms with van der Waals surface area (Å²) in [6.07, 6.45) is 0.353. The molecule has 2 heterocycles. The summed E-state index contributed by atoms with van der Waals surface area (Å²) in [7, 11) is 0. The number of rotatable bonds is 6. The second kappa shape index (κ2) is 8.24. The fourth-order valence-corrected chi connectivity index (χ4v) is 2.98. The zero-order valence-electron chi connectivity index (χ0n) is 16.0. The lowest BCUT2D eigenvalue weighted by molar-refractivity contribution is -0.116. The lowest BCUT2D eigenvalue weighted by Gasteiger charge is -2.09. The summed E-state index contributed by atoms with van der Waals surface area (Å²) in [5, 5.41) is 13.7. The first-order valence-electron chi connectivity index (χ1n) is 9.19. The van der Waals surface area contributed by atoms with Crippen LogP contribution in [-0.4, -0.2) is 26.1 Å². The second-order valence-electron chi connectivity index (χ2n) is 6.60. The van der Waals surface area contributed by atoms with Crippen molar-refractivity contribution < 1.29 is 18.0 Å². The van der Waals surface area contributed by atoms with Crippen molar-refractivity contribution in [1.29, 1.82) is 0 Å². The van der Waals surface area contributed by atoms with Crippen molar-refractivity contribution in [2.45, 2.75) is 19.8 Å². The summed E-state index contributed by atoms with van der Waals surface area (Å²) in [6, 6.07) is 13.8. The maximum atomic E-state index is 14.1. The number of hydrogen-bond donors (Lipinski definition) is 1. The maximum Gasteiger partial charge on any atom is 0.224 e. The predicted molar refractivity (Wildman–Crippen MR) is 105 cm³/mol. The third-order valence-corrected chi connectivity index (χ3v) is 4.49. The molecular weight excluding hydrogens is 392 g/mol. The van der Waals surface area contributed by atoms with Crippen LogP contribution < -0.4 is 5.32 Å². The average Bonchev–Trinajstić information content (AvgIpc) is 3.37. The van der Waals surface area contributed by atoms with E-state index in [-0.39, 0.29) is 30.3 Å². The number of carbonyl (C=O) groups is 1. The molecule has 9 heteroatoms. The topological polar surface area (TPSA) is 85.8 Å². The van der Waals surface area contributed by atoms with E-state index in [2.05, 4.69) is 20.8 Å². The first-order valence-corrected chi connectivity index (χ1v) is 9.19. The first-order chi connectivity index (χ1) is 14.5. The lowest BCUT2D eigenvalue weighted by Crippen LogP contribution is -2.14. The van der Waals surface area contributed by atoms with Crippen LogP contribution in [-0.2, 0) is 11.2 Å². The van der Waals surface area contributed by atoms with E-state index in [1.165, 1.54) is 28.9 Å². The minimum absolute atomic E-state index is 0.0268. The molecule has 0 spiro atoms. The van der Waals surface area contributed by atoms with Gasteiger partial charge in [-0.1, -0.05) is 12.1 Å². The maximum absolute atomic E-state index is 14.1. The Bertz CT molecular complexity index is 1200. The quantitative estimate of drug-likeness (QED) is 0.519. The highest BCUT2D eigenvalue weighted by molar-refractivity contribution is 5.91. The van der Waals surface area contributed by atoms with Gasteiger partial charge < -0.3 is 9.73 Å². The van der Waals surface area contributed by atoms with Crippen LogP contribution in [0.3, 0.4) is 0 Å². The molecule has 152 valence electrons. The van der Waals surface area contributed by atoms with Gasteiger partial charge in [0.25, 0.3) is 0 Å². The van der Waals surface area contributed by atoms with Gasteiger partial charge in [-0.15, -0.1) is 5.10 Å². The molecule has 0 aliphatic heterocycles. The molecule has 1 amide bonds. The zero-order valence-corrected chi connectivity index (χ0v) is 16.0. The summed E-state index contributed by atoms with van der Waals surface area (Å²) in [5.74, 6) is 0.105. The first kappa shape index (κ1) is 19.4. The molecule has 0 unspecified atom stereocenters. The number of furan rings is 1. The van der Waals surface area contributed by atoms with Crippen molar-refractivity contribution in [2.24, 2.45) is 0 Å². The van der Waals surface area contributed by atoms with Gasteiger partial charge in [-0.25, -0.2) is 8.78 Å². The second-order valence-corrected chi connectivity index (χ2v) is 6.60. The number of carbonyl (C=O) groups excluding carboxylic acids is 1. The Morgan fingerprint density at radius 3 is 2.70 bits per heavy atom. The molecule has 4 aromatic rings.